The molecule has 1 rings (SSSR count). The summed E-state index contributed by atoms with van der Waals surface area (Å²) in [6.07, 6.45) is 0.789. The molecule has 0 aromatic carbocycles. The first kappa shape index (κ1) is 10.9. The van der Waals surface area contributed by atoms with Crippen molar-refractivity contribution in [3.63, 3.8) is 0 Å². The lowest BCUT2D eigenvalue weighted by Gasteiger charge is -2.40. The van der Waals surface area contributed by atoms with Crippen LogP contribution in [0.1, 0.15) is 12.8 Å². The summed E-state index contributed by atoms with van der Waals surface area (Å²) in [4.78, 5) is 11.6. The minimum atomic E-state index is -1.01. The highest BCUT2D eigenvalue weighted by Gasteiger charge is 2.47. The molecule has 1 atom stereocenters. The number of amides is 1. The Labute approximate surface area is 87.4 Å². The summed E-state index contributed by atoms with van der Waals surface area (Å²) in [6.45, 7) is 0.398. The first-order chi connectivity index (χ1) is 6.64. The average Bonchev–Trinajstić information content (AvgIpc) is 2.20. The number of ether oxygens (including phenoxy) is 1. The monoisotopic (exact) mass is 213 g/mol. The van der Waals surface area contributed by atoms with Gasteiger partial charge in [0.15, 0.2) is 0 Å². The Hall–Kier alpha value is -1.19. The molecule has 0 aromatic rings. The molecule has 5 nitrogen and oxygen atoms in total. The quantitative estimate of drug-likeness (QED) is 0.380. The van der Waals surface area contributed by atoms with Gasteiger partial charge in [-0.2, -0.15) is 5.26 Å². The number of nitriles is 1. The van der Waals surface area contributed by atoms with Gasteiger partial charge in [0.1, 0.15) is 0 Å². The van der Waals surface area contributed by atoms with Crippen LogP contribution in [0.2, 0.25) is 0 Å². The maximum atomic E-state index is 11.2. The molecule has 1 heterocycles. The fourth-order valence-corrected chi connectivity index (χ4v) is 1.36. The molecule has 0 aromatic heterocycles. The standard InChI is InChI=1S/C8H11N3O2S/c1-13-8(5-10-7(8)12)11-6(14)3-2-4-9/h2-3,5H2,1H3,(H,10,12)(H,11,14). The Kier molecular flexibility index (Phi) is 3.38. The van der Waals surface area contributed by atoms with E-state index in [1.165, 1.54) is 7.11 Å². The van der Waals surface area contributed by atoms with Crippen molar-refractivity contribution in [1.82, 2.24) is 10.6 Å². The second-order valence-corrected chi connectivity index (χ2v) is 3.41. The van der Waals surface area contributed by atoms with Gasteiger partial charge in [-0.05, 0) is 0 Å². The number of rotatable bonds is 4. The third-order valence-electron chi connectivity index (χ3n) is 2.02. The Balaban J connectivity index is 2.46. The van der Waals surface area contributed by atoms with Crippen molar-refractivity contribution in [3.8, 4) is 6.07 Å². The van der Waals surface area contributed by atoms with E-state index in [0.29, 0.717) is 24.4 Å². The molecule has 0 spiro atoms. The van der Waals surface area contributed by atoms with E-state index in [-0.39, 0.29) is 5.91 Å². The summed E-state index contributed by atoms with van der Waals surface area (Å²) in [7, 11) is 1.44. The van der Waals surface area contributed by atoms with Crippen LogP contribution in [-0.4, -0.2) is 30.3 Å². The van der Waals surface area contributed by atoms with Crippen LogP contribution in [0, 0.1) is 11.3 Å². The summed E-state index contributed by atoms with van der Waals surface area (Å²) in [6, 6.07) is 1.98. The molecule has 1 aliphatic heterocycles. The van der Waals surface area contributed by atoms with Crippen molar-refractivity contribution in [2.75, 3.05) is 13.7 Å². The summed E-state index contributed by atoms with van der Waals surface area (Å²) in [5.41, 5.74) is -1.01. The number of methoxy groups -OCH3 is 1. The van der Waals surface area contributed by atoms with E-state index < -0.39 is 5.72 Å². The maximum Gasteiger partial charge on any atom is 0.275 e. The molecule has 1 unspecified atom stereocenters. The number of carbonyl (C=O) groups is 1. The molecule has 14 heavy (non-hydrogen) atoms. The zero-order chi connectivity index (χ0) is 10.6. The van der Waals surface area contributed by atoms with Gasteiger partial charge < -0.3 is 15.4 Å². The molecule has 76 valence electrons. The van der Waals surface area contributed by atoms with E-state index in [2.05, 4.69) is 10.6 Å². The van der Waals surface area contributed by atoms with Crippen molar-refractivity contribution in [2.24, 2.45) is 0 Å². The van der Waals surface area contributed by atoms with Crippen molar-refractivity contribution in [1.29, 1.82) is 5.26 Å². The van der Waals surface area contributed by atoms with Gasteiger partial charge in [0, 0.05) is 20.0 Å². The Morgan fingerprint density at radius 1 is 1.93 bits per heavy atom. The van der Waals surface area contributed by atoms with Crippen LogP contribution in [0.5, 0.6) is 0 Å². The van der Waals surface area contributed by atoms with Crippen LogP contribution in [-0.2, 0) is 9.53 Å². The van der Waals surface area contributed by atoms with Crippen LogP contribution >= 0.6 is 12.2 Å². The number of thiocarbonyl (C=S) groups is 1. The molecule has 0 radical (unpaired) electrons. The van der Waals surface area contributed by atoms with E-state index in [4.69, 9.17) is 22.2 Å². The van der Waals surface area contributed by atoms with Crippen molar-refractivity contribution in [3.05, 3.63) is 0 Å². The molecular formula is C8H11N3O2S. The van der Waals surface area contributed by atoms with Crippen LogP contribution in [0.15, 0.2) is 0 Å². The van der Waals surface area contributed by atoms with Gasteiger partial charge in [-0.25, -0.2) is 0 Å². The lowest BCUT2D eigenvalue weighted by Crippen LogP contribution is -2.73. The summed E-state index contributed by atoms with van der Waals surface area (Å²) in [5.74, 6) is -0.223. The van der Waals surface area contributed by atoms with Gasteiger partial charge in [-0.3, -0.25) is 4.79 Å². The normalized spacial score (nSPS) is 24.4. The number of β-lactam (4-membered cyclic amide) rings is 1. The molecule has 1 amide bonds. The Morgan fingerprint density at radius 3 is 3.00 bits per heavy atom. The third-order valence-corrected chi connectivity index (χ3v) is 2.32. The molecule has 6 heteroatoms. The van der Waals surface area contributed by atoms with E-state index >= 15 is 0 Å². The van der Waals surface area contributed by atoms with Gasteiger partial charge in [0.25, 0.3) is 5.91 Å². The SMILES string of the molecule is COC1(NC(=S)CCC#N)CNC1=O. The van der Waals surface area contributed by atoms with Crippen molar-refractivity contribution >= 4 is 23.1 Å². The zero-order valence-electron chi connectivity index (χ0n) is 7.79. The van der Waals surface area contributed by atoms with Crippen molar-refractivity contribution < 1.29 is 9.53 Å². The van der Waals surface area contributed by atoms with E-state index in [0.717, 1.165) is 0 Å². The highest BCUT2D eigenvalue weighted by Crippen LogP contribution is 2.14. The zero-order valence-corrected chi connectivity index (χ0v) is 8.61. The molecule has 1 saturated heterocycles. The summed E-state index contributed by atoms with van der Waals surface area (Å²) < 4.78 is 5.04. The smallest absolute Gasteiger partial charge is 0.275 e. The first-order valence-electron chi connectivity index (χ1n) is 4.16. The van der Waals surface area contributed by atoms with Crippen LogP contribution in [0.25, 0.3) is 0 Å². The fourth-order valence-electron chi connectivity index (χ4n) is 1.10. The molecule has 0 saturated carbocycles. The van der Waals surface area contributed by atoms with E-state index in [1.54, 1.807) is 0 Å². The highest BCUT2D eigenvalue weighted by atomic mass is 32.1. The predicted octanol–water partition coefficient (Wildman–Crippen LogP) is -0.320. The third kappa shape index (κ3) is 2.00. The second kappa shape index (κ2) is 4.35. The predicted molar refractivity (Wildman–Crippen MR) is 53.3 cm³/mol. The van der Waals surface area contributed by atoms with Crippen LogP contribution in [0.4, 0.5) is 0 Å². The van der Waals surface area contributed by atoms with Gasteiger partial charge in [0.2, 0.25) is 5.72 Å². The van der Waals surface area contributed by atoms with Gasteiger partial charge in [0.05, 0.1) is 17.6 Å². The number of hydrogen-bond donors (Lipinski definition) is 2. The van der Waals surface area contributed by atoms with Gasteiger partial charge in [-0.1, -0.05) is 12.2 Å². The number of hydrogen-bond acceptors (Lipinski definition) is 4. The van der Waals surface area contributed by atoms with Crippen LogP contribution < -0.4 is 10.6 Å². The van der Waals surface area contributed by atoms with E-state index in [1.807, 2.05) is 6.07 Å². The lowest BCUT2D eigenvalue weighted by molar-refractivity contribution is -0.159. The highest BCUT2D eigenvalue weighted by molar-refractivity contribution is 7.80. The average molecular weight is 213 g/mol. The van der Waals surface area contributed by atoms with E-state index in [9.17, 15) is 4.79 Å². The van der Waals surface area contributed by atoms with Gasteiger partial charge in [-0.15, -0.1) is 0 Å². The maximum absolute atomic E-state index is 11.2. The molecule has 2 N–H and O–H groups in total. The minimum absolute atomic E-state index is 0.223. The topological polar surface area (TPSA) is 74.2 Å². The lowest BCUT2D eigenvalue weighted by atomic mass is 10.1. The van der Waals surface area contributed by atoms with Gasteiger partial charge >= 0.3 is 0 Å². The number of nitrogens with zero attached hydrogens (tertiary/aromatic N) is 1. The molecular weight excluding hydrogens is 202 g/mol. The molecule has 0 bridgehead atoms. The molecule has 0 aliphatic carbocycles. The first-order valence-corrected chi connectivity index (χ1v) is 4.57. The summed E-state index contributed by atoms with van der Waals surface area (Å²) >= 11 is 4.96. The van der Waals surface area contributed by atoms with Crippen LogP contribution in [0.3, 0.4) is 0 Å². The van der Waals surface area contributed by atoms with Crippen molar-refractivity contribution in [2.45, 2.75) is 18.6 Å². The largest absolute Gasteiger partial charge is 0.349 e. The minimum Gasteiger partial charge on any atom is -0.349 e. The number of carbonyl (C=O) groups excluding carboxylic acids is 1. The Bertz CT molecular complexity index is 295. The fraction of sp³-hybridized carbons (Fsp3) is 0.625. The summed E-state index contributed by atoms with van der Waals surface area (Å²) in [5, 5.41) is 13.7. The molecule has 1 aliphatic rings. The second-order valence-electron chi connectivity index (χ2n) is 2.92. The molecule has 1 fully saturated rings. The Morgan fingerprint density at radius 2 is 2.64 bits per heavy atom. The number of nitrogens with one attached hydrogen (secondary N) is 2.